The van der Waals surface area contributed by atoms with Crippen molar-refractivity contribution in [2.45, 2.75) is 19.4 Å². The summed E-state index contributed by atoms with van der Waals surface area (Å²) < 4.78 is 2.37. The van der Waals surface area contributed by atoms with Crippen molar-refractivity contribution in [2.24, 2.45) is 0 Å². The summed E-state index contributed by atoms with van der Waals surface area (Å²) in [5.74, 6) is 0. The highest BCUT2D eigenvalue weighted by Gasteiger charge is 2.16. The summed E-state index contributed by atoms with van der Waals surface area (Å²) in [6, 6.07) is 6.81. The van der Waals surface area contributed by atoms with Crippen LogP contribution in [0.25, 0.3) is 0 Å². The van der Waals surface area contributed by atoms with Crippen LogP contribution in [0, 0.1) is 0 Å². The number of thiophene rings is 2. The molecule has 0 radical (unpaired) electrons. The minimum atomic E-state index is 0.314. The lowest BCUT2D eigenvalue weighted by atomic mass is 10.1. The lowest BCUT2D eigenvalue weighted by Gasteiger charge is -2.15. The van der Waals surface area contributed by atoms with Crippen LogP contribution in [0.3, 0.4) is 0 Å². The second-order valence-electron chi connectivity index (χ2n) is 3.71. The van der Waals surface area contributed by atoms with Gasteiger partial charge in [0.1, 0.15) is 0 Å². The fourth-order valence-electron chi connectivity index (χ4n) is 1.63. The second-order valence-corrected chi connectivity index (χ2v) is 8.50. The summed E-state index contributed by atoms with van der Waals surface area (Å²) in [4.78, 5) is 1.36. The van der Waals surface area contributed by atoms with Gasteiger partial charge in [0.2, 0.25) is 0 Å². The van der Waals surface area contributed by atoms with Crippen LogP contribution in [-0.2, 0) is 0 Å². The lowest BCUT2D eigenvalue weighted by molar-refractivity contribution is 0.607. The molecule has 0 aliphatic heterocycles. The molecule has 0 saturated heterocycles. The topological polar surface area (TPSA) is 12.0 Å². The lowest BCUT2D eigenvalue weighted by Crippen LogP contribution is -2.21. The maximum Gasteiger partial charge on any atom is 0.0702 e. The molecule has 92 valence electrons. The molecule has 0 bridgehead atoms. The molecule has 0 saturated carbocycles. The molecule has 2 aromatic rings. The van der Waals surface area contributed by atoms with Gasteiger partial charge in [-0.1, -0.05) is 6.92 Å². The molecule has 0 amide bonds. The Balaban J connectivity index is 2.24. The molecule has 0 fully saturated rings. The predicted molar refractivity (Wildman–Crippen MR) is 84.2 cm³/mol. The van der Waals surface area contributed by atoms with E-state index < -0.39 is 0 Å². The third-order valence-electron chi connectivity index (χ3n) is 2.40. The van der Waals surface area contributed by atoms with Crippen LogP contribution in [0.1, 0.15) is 29.8 Å². The zero-order valence-corrected chi connectivity index (χ0v) is 14.2. The largest absolute Gasteiger partial charge is 0.306 e. The quantitative estimate of drug-likeness (QED) is 0.713. The molecule has 0 aliphatic carbocycles. The number of halogens is 2. The first-order valence-corrected chi connectivity index (χ1v) is 8.71. The summed E-state index contributed by atoms with van der Waals surface area (Å²) in [5.41, 5.74) is 1.34. The van der Waals surface area contributed by atoms with Crippen molar-refractivity contribution in [3.63, 3.8) is 0 Å². The van der Waals surface area contributed by atoms with Gasteiger partial charge in [-0.2, -0.15) is 0 Å². The molecule has 2 rings (SSSR count). The highest BCUT2D eigenvalue weighted by Crippen LogP contribution is 2.34. The third-order valence-corrected chi connectivity index (χ3v) is 5.61. The summed E-state index contributed by atoms with van der Waals surface area (Å²) >= 11 is 10.6. The second kappa shape index (κ2) is 6.48. The zero-order chi connectivity index (χ0) is 12.3. The number of nitrogens with one attached hydrogen (secondary N) is 1. The van der Waals surface area contributed by atoms with Crippen molar-refractivity contribution >= 4 is 54.5 Å². The summed E-state index contributed by atoms with van der Waals surface area (Å²) in [6.45, 7) is 3.23. The zero-order valence-electron chi connectivity index (χ0n) is 9.37. The molecule has 1 unspecified atom stereocenters. The van der Waals surface area contributed by atoms with E-state index >= 15 is 0 Å². The molecule has 2 heterocycles. The number of hydrogen-bond donors (Lipinski definition) is 1. The van der Waals surface area contributed by atoms with Gasteiger partial charge >= 0.3 is 0 Å². The first-order chi connectivity index (χ1) is 8.20. The SMILES string of the molecule is CCCNC(c1csc(Br)c1)c1ccc(Br)s1. The fraction of sp³-hybridized carbons (Fsp3) is 0.333. The fourth-order valence-corrected chi connectivity index (χ4v) is 4.36. The van der Waals surface area contributed by atoms with Crippen LogP contribution in [0.4, 0.5) is 0 Å². The Labute approximate surface area is 127 Å². The predicted octanol–water partition coefficient (Wildman–Crippen LogP) is 5.42. The van der Waals surface area contributed by atoms with Crippen LogP contribution in [0.2, 0.25) is 0 Å². The van der Waals surface area contributed by atoms with Crippen molar-refractivity contribution in [3.05, 3.63) is 41.6 Å². The van der Waals surface area contributed by atoms with Gasteiger partial charge < -0.3 is 5.32 Å². The first-order valence-electron chi connectivity index (χ1n) is 5.43. The van der Waals surface area contributed by atoms with Gasteiger partial charge in [-0.05, 0) is 74.0 Å². The van der Waals surface area contributed by atoms with Crippen molar-refractivity contribution in [2.75, 3.05) is 6.54 Å². The van der Waals surface area contributed by atoms with Crippen molar-refractivity contribution in [1.82, 2.24) is 5.32 Å². The van der Waals surface area contributed by atoms with Crippen molar-refractivity contribution < 1.29 is 0 Å². The Kier molecular flexibility index (Phi) is 5.24. The summed E-state index contributed by atoms with van der Waals surface area (Å²) in [6.07, 6.45) is 1.15. The van der Waals surface area contributed by atoms with Gasteiger partial charge in [0, 0.05) is 4.88 Å². The number of hydrogen-bond acceptors (Lipinski definition) is 3. The Hall–Kier alpha value is 0.320. The Morgan fingerprint density at radius 2 is 2.12 bits per heavy atom. The Bertz CT molecular complexity index is 438. The van der Waals surface area contributed by atoms with E-state index in [0.717, 1.165) is 13.0 Å². The van der Waals surface area contributed by atoms with E-state index in [4.69, 9.17) is 0 Å². The van der Waals surface area contributed by atoms with E-state index in [1.165, 1.54) is 18.0 Å². The minimum Gasteiger partial charge on any atom is -0.306 e. The smallest absolute Gasteiger partial charge is 0.0702 e. The molecule has 1 atom stereocenters. The highest BCUT2D eigenvalue weighted by atomic mass is 79.9. The Morgan fingerprint density at radius 1 is 1.29 bits per heavy atom. The van der Waals surface area contributed by atoms with Crippen molar-refractivity contribution in [1.29, 1.82) is 0 Å². The van der Waals surface area contributed by atoms with Crippen LogP contribution in [0.15, 0.2) is 31.2 Å². The molecular formula is C12H13Br2NS2. The Morgan fingerprint density at radius 3 is 2.65 bits per heavy atom. The van der Waals surface area contributed by atoms with E-state index in [9.17, 15) is 0 Å². The van der Waals surface area contributed by atoms with E-state index in [0.29, 0.717) is 6.04 Å². The molecule has 2 aromatic heterocycles. The van der Waals surface area contributed by atoms with Crippen LogP contribution in [-0.4, -0.2) is 6.54 Å². The minimum absolute atomic E-state index is 0.314. The maximum absolute atomic E-state index is 3.60. The van der Waals surface area contributed by atoms with Gasteiger partial charge in [-0.15, -0.1) is 22.7 Å². The average molecular weight is 395 g/mol. The molecule has 0 spiro atoms. The molecule has 17 heavy (non-hydrogen) atoms. The summed E-state index contributed by atoms with van der Waals surface area (Å²) in [7, 11) is 0. The van der Waals surface area contributed by atoms with E-state index in [1.807, 2.05) is 0 Å². The van der Waals surface area contributed by atoms with Crippen molar-refractivity contribution in [3.8, 4) is 0 Å². The standard InChI is InChI=1S/C12H13Br2NS2/c1-2-5-15-12(8-6-11(14)16-7-8)9-3-4-10(13)17-9/h3-4,6-7,12,15H,2,5H2,1H3. The van der Waals surface area contributed by atoms with Crippen LogP contribution >= 0.6 is 54.5 Å². The van der Waals surface area contributed by atoms with Gasteiger partial charge in [0.15, 0.2) is 0 Å². The molecule has 1 N–H and O–H groups in total. The summed E-state index contributed by atoms with van der Waals surface area (Å²) in [5, 5.41) is 5.82. The molecule has 0 aliphatic rings. The van der Waals surface area contributed by atoms with Crippen LogP contribution < -0.4 is 5.32 Å². The van der Waals surface area contributed by atoms with E-state index in [-0.39, 0.29) is 0 Å². The highest BCUT2D eigenvalue weighted by molar-refractivity contribution is 9.11. The molecule has 5 heteroatoms. The van der Waals surface area contributed by atoms with Gasteiger partial charge in [0.25, 0.3) is 0 Å². The van der Waals surface area contributed by atoms with E-state index in [2.05, 4.69) is 67.7 Å². The third kappa shape index (κ3) is 3.64. The van der Waals surface area contributed by atoms with Crippen LogP contribution in [0.5, 0.6) is 0 Å². The van der Waals surface area contributed by atoms with E-state index in [1.54, 1.807) is 22.7 Å². The first kappa shape index (κ1) is 13.7. The number of rotatable bonds is 5. The monoisotopic (exact) mass is 393 g/mol. The van der Waals surface area contributed by atoms with Gasteiger partial charge in [0.05, 0.1) is 13.6 Å². The van der Waals surface area contributed by atoms with Gasteiger partial charge in [-0.3, -0.25) is 0 Å². The molecule has 1 nitrogen and oxygen atoms in total. The maximum atomic E-state index is 3.60. The average Bonchev–Trinajstić information content (AvgIpc) is 2.89. The van der Waals surface area contributed by atoms with Gasteiger partial charge in [-0.25, -0.2) is 0 Å². The molecular weight excluding hydrogens is 382 g/mol. The molecule has 0 aromatic carbocycles. The normalized spacial score (nSPS) is 12.9.